The third-order valence-corrected chi connectivity index (χ3v) is 5.07. The minimum atomic E-state index is 0.522. The molecule has 22 heavy (non-hydrogen) atoms. The van der Waals surface area contributed by atoms with Crippen molar-refractivity contribution in [3.05, 3.63) is 27.2 Å². The van der Waals surface area contributed by atoms with Gasteiger partial charge in [-0.25, -0.2) is 0 Å². The summed E-state index contributed by atoms with van der Waals surface area (Å²) in [6.45, 7) is 9.94. The van der Waals surface area contributed by atoms with Gasteiger partial charge in [0, 0.05) is 0 Å². The van der Waals surface area contributed by atoms with Gasteiger partial charge >= 0.3 is 0 Å². The van der Waals surface area contributed by atoms with Crippen molar-refractivity contribution in [2.24, 2.45) is 5.92 Å². The molecule has 1 fully saturated rings. The predicted octanol–water partition coefficient (Wildman–Crippen LogP) is 3.12. The summed E-state index contributed by atoms with van der Waals surface area (Å²) in [6, 6.07) is 3.91. The Hall–Kier alpha value is -0.290. The molecule has 124 valence electrons. The van der Waals surface area contributed by atoms with Gasteiger partial charge in [-0.2, -0.15) is 0 Å². The summed E-state index contributed by atoms with van der Waals surface area (Å²) in [5.74, 6) is 1.60. The Balaban J connectivity index is 1.60. The van der Waals surface area contributed by atoms with E-state index < -0.39 is 0 Å². The van der Waals surface area contributed by atoms with Crippen molar-refractivity contribution in [1.29, 1.82) is 0 Å². The Morgan fingerprint density at radius 3 is 2.64 bits per heavy atom. The lowest BCUT2D eigenvalue weighted by Crippen LogP contribution is -3.13. The normalized spacial score (nSPS) is 21.8. The fourth-order valence-electron chi connectivity index (χ4n) is 2.77. The highest BCUT2D eigenvalue weighted by atomic mass is 79.9. The van der Waals surface area contributed by atoms with Crippen molar-refractivity contribution in [1.82, 2.24) is 0 Å². The molecule has 1 saturated heterocycles. The van der Waals surface area contributed by atoms with Crippen LogP contribution in [0.15, 0.2) is 16.6 Å². The molecule has 1 aliphatic heterocycles. The molecule has 5 heteroatoms. The minimum absolute atomic E-state index is 0.522. The summed E-state index contributed by atoms with van der Waals surface area (Å²) >= 11 is 9.67. The maximum absolute atomic E-state index is 6.19. The molecule has 1 N–H and O–H groups in total. The number of quaternary nitrogens is 1. The number of halogens is 2. The molecule has 0 atom stereocenters. The van der Waals surface area contributed by atoms with Gasteiger partial charge in [-0.3, -0.25) is 0 Å². The van der Waals surface area contributed by atoms with Gasteiger partial charge in [0.2, 0.25) is 0 Å². The Bertz CT molecular complexity index is 453. The number of aryl methyl sites for hydroxylation is 1. The SMILES string of the molecule is Cc1cc(Cl)c(OCCOCC[NH+]2CCC(C)CC2)c(Br)c1. The first kappa shape index (κ1) is 18.1. The van der Waals surface area contributed by atoms with Crippen molar-refractivity contribution in [3.63, 3.8) is 0 Å². The number of nitrogens with one attached hydrogen (secondary N) is 1. The van der Waals surface area contributed by atoms with E-state index in [1.807, 2.05) is 19.1 Å². The van der Waals surface area contributed by atoms with Crippen LogP contribution in [-0.2, 0) is 4.74 Å². The van der Waals surface area contributed by atoms with E-state index in [-0.39, 0.29) is 0 Å². The lowest BCUT2D eigenvalue weighted by Gasteiger charge is -2.27. The number of piperidine rings is 1. The Kier molecular flexibility index (Phi) is 7.48. The first-order chi connectivity index (χ1) is 10.6. The molecule has 3 nitrogen and oxygen atoms in total. The van der Waals surface area contributed by atoms with Crippen molar-refractivity contribution < 1.29 is 14.4 Å². The monoisotopic (exact) mass is 390 g/mol. The number of rotatable bonds is 7. The summed E-state index contributed by atoms with van der Waals surface area (Å²) in [7, 11) is 0. The van der Waals surface area contributed by atoms with Crippen LogP contribution >= 0.6 is 27.5 Å². The van der Waals surface area contributed by atoms with Crippen LogP contribution in [-0.4, -0.2) is 39.5 Å². The van der Waals surface area contributed by atoms with E-state index in [1.165, 1.54) is 25.9 Å². The standard InChI is InChI=1S/C17H25BrClNO2/c1-13-3-5-20(6-4-13)7-8-21-9-10-22-17-15(18)11-14(2)12-16(17)19/h11-13H,3-10H2,1-2H3/p+1. The van der Waals surface area contributed by atoms with E-state index in [0.29, 0.717) is 24.0 Å². The highest BCUT2D eigenvalue weighted by Gasteiger charge is 2.18. The van der Waals surface area contributed by atoms with Crippen LogP contribution in [0.4, 0.5) is 0 Å². The van der Waals surface area contributed by atoms with Crippen LogP contribution in [0.25, 0.3) is 0 Å². The smallest absolute Gasteiger partial charge is 0.152 e. The lowest BCUT2D eigenvalue weighted by molar-refractivity contribution is -0.906. The Labute approximate surface area is 147 Å². The topological polar surface area (TPSA) is 22.9 Å². The van der Waals surface area contributed by atoms with Crippen molar-refractivity contribution in [3.8, 4) is 5.75 Å². The summed E-state index contributed by atoms with van der Waals surface area (Å²) in [4.78, 5) is 1.67. The van der Waals surface area contributed by atoms with E-state index in [1.54, 1.807) is 4.90 Å². The van der Waals surface area contributed by atoms with Gasteiger partial charge in [0.25, 0.3) is 0 Å². The highest BCUT2D eigenvalue weighted by Crippen LogP contribution is 2.34. The van der Waals surface area contributed by atoms with E-state index in [9.17, 15) is 0 Å². The van der Waals surface area contributed by atoms with Gasteiger partial charge in [-0.15, -0.1) is 0 Å². The second-order valence-corrected chi connectivity index (χ2v) is 7.46. The second kappa shape index (κ2) is 9.11. The molecule has 0 spiro atoms. The number of hydrogen-bond acceptors (Lipinski definition) is 2. The molecule has 0 amide bonds. The van der Waals surface area contributed by atoms with Gasteiger partial charge in [0.15, 0.2) is 5.75 Å². The zero-order valence-corrected chi connectivity index (χ0v) is 15.8. The molecule has 2 rings (SSSR count). The van der Waals surface area contributed by atoms with E-state index >= 15 is 0 Å². The van der Waals surface area contributed by atoms with E-state index in [0.717, 1.165) is 29.1 Å². The van der Waals surface area contributed by atoms with Crippen LogP contribution in [0.5, 0.6) is 5.75 Å². The van der Waals surface area contributed by atoms with Gasteiger partial charge in [-0.1, -0.05) is 18.5 Å². The van der Waals surface area contributed by atoms with Gasteiger partial charge in [-0.05, 0) is 59.3 Å². The zero-order valence-electron chi connectivity index (χ0n) is 13.5. The van der Waals surface area contributed by atoms with Crippen LogP contribution < -0.4 is 9.64 Å². The average molecular weight is 392 g/mol. The summed E-state index contributed by atoms with van der Waals surface area (Å²) in [5.41, 5.74) is 1.11. The van der Waals surface area contributed by atoms with Gasteiger partial charge < -0.3 is 14.4 Å². The van der Waals surface area contributed by atoms with Crippen LogP contribution in [0.2, 0.25) is 5.02 Å². The molecule has 0 aliphatic carbocycles. The lowest BCUT2D eigenvalue weighted by atomic mass is 9.99. The van der Waals surface area contributed by atoms with Crippen LogP contribution in [0, 0.1) is 12.8 Å². The molecule has 0 saturated carbocycles. The van der Waals surface area contributed by atoms with Gasteiger partial charge in [0.05, 0.1) is 35.8 Å². The Morgan fingerprint density at radius 2 is 1.95 bits per heavy atom. The van der Waals surface area contributed by atoms with Crippen molar-refractivity contribution in [2.45, 2.75) is 26.7 Å². The third-order valence-electron chi connectivity index (χ3n) is 4.20. The summed E-state index contributed by atoms with van der Waals surface area (Å²) < 4.78 is 12.3. The van der Waals surface area contributed by atoms with Crippen LogP contribution in [0.3, 0.4) is 0 Å². The second-order valence-electron chi connectivity index (χ2n) is 6.20. The molecular formula is C17H26BrClNO2+. The molecular weight excluding hydrogens is 366 g/mol. The third kappa shape index (κ3) is 5.73. The van der Waals surface area contributed by atoms with E-state index in [2.05, 4.69) is 22.9 Å². The maximum Gasteiger partial charge on any atom is 0.152 e. The quantitative estimate of drug-likeness (QED) is 0.722. The largest absolute Gasteiger partial charge is 0.488 e. The summed E-state index contributed by atoms with van der Waals surface area (Å²) in [6.07, 6.45) is 2.69. The number of likely N-dealkylation sites (tertiary alicyclic amines) is 1. The Morgan fingerprint density at radius 1 is 1.23 bits per heavy atom. The molecule has 0 radical (unpaired) electrons. The predicted molar refractivity (Wildman–Crippen MR) is 94.2 cm³/mol. The van der Waals surface area contributed by atoms with Crippen molar-refractivity contribution in [2.75, 3.05) is 39.5 Å². The molecule has 1 aromatic rings. The average Bonchev–Trinajstić information content (AvgIpc) is 2.46. The molecule has 0 bridgehead atoms. The molecule has 1 aromatic carbocycles. The molecule has 1 aliphatic rings. The fraction of sp³-hybridized carbons (Fsp3) is 0.647. The van der Waals surface area contributed by atoms with Crippen LogP contribution in [0.1, 0.15) is 25.3 Å². The number of hydrogen-bond donors (Lipinski definition) is 1. The number of benzene rings is 1. The number of ether oxygens (including phenoxy) is 2. The minimum Gasteiger partial charge on any atom is -0.488 e. The van der Waals surface area contributed by atoms with Gasteiger partial charge in [0.1, 0.15) is 13.2 Å². The van der Waals surface area contributed by atoms with Crippen molar-refractivity contribution >= 4 is 27.5 Å². The van der Waals surface area contributed by atoms with E-state index in [4.69, 9.17) is 21.1 Å². The molecule has 1 heterocycles. The zero-order chi connectivity index (χ0) is 15.9. The first-order valence-corrected chi connectivity index (χ1v) is 9.23. The molecule has 0 aromatic heterocycles. The molecule has 0 unspecified atom stereocenters. The highest BCUT2D eigenvalue weighted by molar-refractivity contribution is 9.10. The fourth-order valence-corrected chi connectivity index (χ4v) is 3.90. The summed E-state index contributed by atoms with van der Waals surface area (Å²) in [5, 5.41) is 0.638. The first-order valence-electron chi connectivity index (χ1n) is 8.06. The maximum atomic E-state index is 6.19.